The first kappa shape index (κ1) is 14.0. The van der Waals surface area contributed by atoms with Crippen LogP contribution in [0.5, 0.6) is 0 Å². The molecule has 0 amide bonds. The lowest BCUT2D eigenvalue weighted by molar-refractivity contribution is -0.122. The van der Waals surface area contributed by atoms with Crippen LogP contribution in [0, 0.1) is 0 Å². The van der Waals surface area contributed by atoms with Crippen molar-refractivity contribution in [3.63, 3.8) is 0 Å². The van der Waals surface area contributed by atoms with Gasteiger partial charge in [0.25, 0.3) is 6.47 Å². The molecule has 0 spiro atoms. The molecule has 0 fully saturated rings. The zero-order valence-electron chi connectivity index (χ0n) is 10.6. The Kier molecular flexibility index (Phi) is 3.79. The highest BCUT2D eigenvalue weighted by molar-refractivity contribution is 5.86. The molecule has 108 valence electrons. The molecule has 10 heteroatoms. The van der Waals surface area contributed by atoms with Gasteiger partial charge < -0.3 is 26.7 Å². The first-order valence-electron chi connectivity index (χ1n) is 5.54. The van der Waals surface area contributed by atoms with Crippen molar-refractivity contribution in [2.24, 2.45) is 0 Å². The van der Waals surface area contributed by atoms with Crippen LogP contribution in [0.25, 0.3) is 22.6 Å². The van der Waals surface area contributed by atoms with Crippen molar-refractivity contribution < 1.29 is 14.3 Å². The van der Waals surface area contributed by atoms with E-state index in [2.05, 4.69) is 19.9 Å². The predicted molar refractivity (Wildman–Crippen MR) is 74.8 cm³/mol. The summed E-state index contributed by atoms with van der Waals surface area (Å²) in [5.74, 6) is 0.866. The maximum Gasteiger partial charge on any atom is 0.290 e. The van der Waals surface area contributed by atoms with Crippen LogP contribution in [0.2, 0.25) is 0 Å². The highest BCUT2D eigenvalue weighted by Crippen LogP contribution is 2.26. The van der Waals surface area contributed by atoms with Gasteiger partial charge in [-0.3, -0.25) is 4.79 Å². The van der Waals surface area contributed by atoms with Gasteiger partial charge in [-0.1, -0.05) is 0 Å². The molecule has 0 unspecified atom stereocenters. The summed E-state index contributed by atoms with van der Waals surface area (Å²) in [7, 11) is 0. The molecule has 0 aliphatic rings. The van der Waals surface area contributed by atoms with Gasteiger partial charge in [0.15, 0.2) is 28.6 Å². The maximum atomic E-state index is 8.36. The highest BCUT2D eigenvalue weighted by atomic mass is 16.3. The number of carboxylic acid groups (broad SMARTS) is 1. The molecular formula is C11H11N7O3. The molecule has 0 atom stereocenters. The summed E-state index contributed by atoms with van der Waals surface area (Å²) in [4.78, 5) is 24.5. The summed E-state index contributed by atoms with van der Waals surface area (Å²) in [6.07, 6.45) is 1.52. The SMILES string of the molecule is Nc1nc(N)c2nc(-c3ccco3)c(N)nc2n1.O=CO. The number of furan rings is 1. The molecule has 0 bridgehead atoms. The zero-order chi connectivity index (χ0) is 15.4. The first-order chi connectivity index (χ1) is 10.1. The molecule has 0 saturated carbocycles. The van der Waals surface area contributed by atoms with Crippen molar-refractivity contribution in [3.8, 4) is 11.5 Å². The van der Waals surface area contributed by atoms with Crippen molar-refractivity contribution in [3.05, 3.63) is 18.4 Å². The summed E-state index contributed by atoms with van der Waals surface area (Å²) >= 11 is 0. The van der Waals surface area contributed by atoms with E-state index in [9.17, 15) is 0 Å². The fourth-order valence-corrected chi connectivity index (χ4v) is 1.59. The molecule has 0 aliphatic carbocycles. The summed E-state index contributed by atoms with van der Waals surface area (Å²) in [5, 5.41) is 6.89. The van der Waals surface area contributed by atoms with Gasteiger partial charge in [0.2, 0.25) is 5.95 Å². The highest BCUT2D eigenvalue weighted by Gasteiger charge is 2.14. The molecule has 3 rings (SSSR count). The van der Waals surface area contributed by atoms with Crippen molar-refractivity contribution >= 4 is 35.2 Å². The van der Waals surface area contributed by atoms with Crippen LogP contribution in [0.15, 0.2) is 22.8 Å². The first-order valence-corrected chi connectivity index (χ1v) is 5.54. The third-order valence-corrected chi connectivity index (χ3v) is 2.36. The van der Waals surface area contributed by atoms with Crippen molar-refractivity contribution in [2.45, 2.75) is 0 Å². The van der Waals surface area contributed by atoms with Gasteiger partial charge in [-0.25, -0.2) is 9.97 Å². The fourth-order valence-electron chi connectivity index (χ4n) is 1.59. The summed E-state index contributed by atoms with van der Waals surface area (Å²) in [6, 6.07) is 3.45. The van der Waals surface area contributed by atoms with Crippen molar-refractivity contribution in [2.75, 3.05) is 17.2 Å². The standard InChI is InChI=1S/C10H9N7O.CH2O2/c11-7-5(4-2-1-3-18-4)14-6-8(12)16-10(13)17-9(6)15-7;2-1-3/h1-3H,(H6,11,12,13,15,16,17);1H,(H,2,3). The molecule has 3 heterocycles. The monoisotopic (exact) mass is 289 g/mol. The van der Waals surface area contributed by atoms with Crippen LogP contribution in [0.1, 0.15) is 0 Å². The van der Waals surface area contributed by atoms with E-state index >= 15 is 0 Å². The fraction of sp³-hybridized carbons (Fsp3) is 0. The number of hydrogen-bond donors (Lipinski definition) is 4. The van der Waals surface area contributed by atoms with Crippen molar-refractivity contribution in [1.82, 2.24) is 19.9 Å². The Morgan fingerprint density at radius 3 is 2.43 bits per heavy atom. The van der Waals surface area contributed by atoms with E-state index in [1.54, 1.807) is 12.1 Å². The van der Waals surface area contributed by atoms with Crippen molar-refractivity contribution in [1.29, 1.82) is 0 Å². The third-order valence-electron chi connectivity index (χ3n) is 2.36. The Labute approximate surface area is 117 Å². The Bertz CT molecular complexity index is 773. The number of aromatic nitrogens is 4. The number of anilines is 3. The van der Waals surface area contributed by atoms with Gasteiger partial charge in [-0.05, 0) is 12.1 Å². The van der Waals surface area contributed by atoms with E-state index in [1.165, 1.54) is 6.26 Å². The minimum Gasteiger partial charge on any atom is -0.483 e. The molecule has 3 aromatic rings. The van der Waals surface area contributed by atoms with Gasteiger partial charge in [0.05, 0.1) is 6.26 Å². The van der Waals surface area contributed by atoms with Gasteiger partial charge in [-0.15, -0.1) is 0 Å². The molecule has 21 heavy (non-hydrogen) atoms. The minimum absolute atomic E-state index is 0.0273. The molecule has 0 saturated heterocycles. The Morgan fingerprint density at radius 1 is 1.10 bits per heavy atom. The normalized spacial score (nSPS) is 9.90. The van der Waals surface area contributed by atoms with E-state index < -0.39 is 0 Å². The van der Waals surface area contributed by atoms with Crippen LogP contribution in [0.4, 0.5) is 17.6 Å². The minimum atomic E-state index is -0.250. The third kappa shape index (κ3) is 2.78. The number of rotatable bonds is 1. The number of nitrogens with two attached hydrogens (primary N) is 3. The van der Waals surface area contributed by atoms with Crippen LogP contribution in [0.3, 0.4) is 0 Å². The van der Waals surface area contributed by atoms with Gasteiger partial charge in [-0.2, -0.15) is 9.97 Å². The van der Waals surface area contributed by atoms with E-state index in [1.807, 2.05) is 0 Å². The Hall–Kier alpha value is -3.43. The topological polar surface area (TPSA) is 180 Å². The zero-order valence-corrected chi connectivity index (χ0v) is 10.6. The molecule has 3 aromatic heterocycles. The lowest BCUT2D eigenvalue weighted by Crippen LogP contribution is -2.06. The van der Waals surface area contributed by atoms with E-state index in [0.29, 0.717) is 17.0 Å². The second-order valence-electron chi connectivity index (χ2n) is 3.68. The van der Waals surface area contributed by atoms with Crippen LogP contribution in [-0.4, -0.2) is 31.5 Å². The van der Waals surface area contributed by atoms with E-state index in [0.717, 1.165) is 0 Å². The molecule has 0 radical (unpaired) electrons. The second kappa shape index (κ2) is 5.69. The number of nitrogen functional groups attached to an aromatic ring is 3. The Morgan fingerprint density at radius 2 is 1.81 bits per heavy atom. The summed E-state index contributed by atoms with van der Waals surface area (Å²) in [5.41, 5.74) is 18.0. The van der Waals surface area contributed by atoms with Crippen LogP contribution < -0.4 is 17.2 Å². The lowest BCUT2D eigenvalue weighted by atomic mass is 10.3. The van der Waals surface area contributed by atoms with E-state index in [-0.39, 0.29) is 29.7 Å². The molecule has 7 N–H and O–H groups in total. The molecule has 0 aromatic carbocycles. The number of nitrogens with zero attached hydrogens (tertiary/aromatic N) is 4. The summed E-state index contributed by atoms with van der Waals surface area (Å²) in [6.45, 7) is -0.250. The van der Waals surface area contributed by atoms with Crippen LogP contribution >= 0.6 is 0 Å². The summed E-state index contributed by atoms with van der Waals surface area (Å²) < 4.78 is 5.22. The van der Waals surface area contributed by atoms with Crippen LogP contribution in [-0.2, 0) is 4.79 Å². The van der Waals surface area contributed by atoms with E-state index in [4.69, 9.17) is 31.5 Å². The van der Waals surface area contributed by atoms with Gasteiger partial charge >= 0.3 is 0 Å². The Balaban J connectivity index is 0.000000497. The largest absolute Gasteiger partial charge is 0.483 e. The molecular weight excluding hydrogens is 278 g/mol. The predicted octanol–water partition coefficient (Wildman–Crippen LogP) is 0.127. The second-order valence-corrected chi connectivity index (χ2v) is 3.68. The number of hydrogen-bond acceptors (Lipinski definition) is 9. The quantitative estimate of drug-likeness (QED) is 0.449. The number of fused-ring (bicyclic) bond motifs is 1. The smallest absolute Gasteiger partial charge is 0.290 e. The lowest BCUT2D eigenvalue weighted by Gasteiger charge is -2.05. The molecule has 10 nitrogen and oxygen atoms in total. The van der Waals surface area contributed by atoms with Gasteiger partial charge in [0, 0.05) is 0 Å². The average molecular weight is 289 g/mol. The number of carbonyl (C=O) groups is 1. The maximum absolute atomic E-state index is 8.36. The average Bonchev–Trinajstić information content (AvgIpc) is 2.92. The van der Waals surface area contributed by atoms with Gasteiger partial charge in [0.1, 0.15) is 5.69 Å². The molecule has 0 aliphatic heterocycles.